The molecule has 18 heavy (non-hydrogen) atoms. The van der Waals surface area contributed by atoms with E-state index in [1.54, 1.807) is 0 Å². The van der Waals surface area contributed by atoms with Crippen LogP contribution in [0, 0.1) is 0 Å². The minimum absolute atomic E-state index is 0.0380. The lowest BCUT2D eigenvalue weighted by atomic mass is 10.2. The van der Waals surface area contributed by atoms with Crippen LogP contribution < -0.4 is 10.6 Å². The molecule has 0 aliphatic rings. The van der Waals surface area contributed by atoms with Gasteiger partial charge in [0, 0.05) is 31.9 Å². The van der Waals surface area contributed by atoms with Gasteiger partial charge in [-0.2, -0.15) is 0 Å². The molecule has 0 saturated carbocycles. The molecular formula is C14H22N2O2. The number of hydrogen-bond donors (Lipinski definition) is 2. The zero-order valence-corrected chi connectivity index (χ0v) is 11.2. The molecule has 4 nitrogen and oxygen atoms in total. The Morgan fingerprint density at radius 1 is 1.28 bits per heavy atom. The predicted molar refractivity (Wildman–Crippen MR) is 73.6 cm³/mol. The van der Waals surface area contributed by atoms with Crippen molar-refractivity contribution in [3.63, 3.8) is 0 Å². The van der Waals surface area contributed by atoms with Crippen LogP contribution in [-0.4, -0.2) is 26.2 Å². The zero-order chi connectivity index (χ0) is 13.2. The molecule has 1 aromatic carbocycles. The number of nitrogens with one attached hydrogen (secondary N) is 2. The Labute approximate surface area is 109 Å². The zero-order valence-electron chi connectivity index (χ0n) is 11.2. The van der Waals surface area contributed by atoms with Gasteiger partial charge in [-0.15, -0.1) is 0 Å². The van der Waals surface area contributed by atoms with Gasteiger partial charge in [0.1, 0.15) is 0 Å². The van der Waals surface area contributed by atoms with E-state index in [1.165, 1.54) is 5.56 Å². The Balaban J connectivity index is 2.30. The maximum atomic E-state index is 11.6. The molecule has 0 aliphatic carbocycles. The molecule has 0 radical (unpaired) electrons. The van der Waals surface area contributed by atoms with E-state index in [0.29, 0.717) is 19.6 Å². The van der Waals surface area contributed by atoms with Crippen LogP contribution >= 0.6 is 0 Å². The summed E-state index contributed by atoms with van der Waals surface area (Å²) in [6, 6.07) is 7.86. The molecule has 0 aliphatic heterocycles. The summed E-state index contributed by atoms with van der Waals surface area (Å²) < 4.78 is 5.19. The molecule has 100 valence electrons. The summed E-state index contributed by atoms with van der Waals surface area (Å²) in [4.78, 5) is 11.6. The van der Waals surface area contributed by atoms with Crippen LogP contribution in [0.4, 0.5) is 5.69 Å². The van der Waals surface area contributed by atoms with E-state index in [0.717, 1.165) is 18.7 Å². The number of rotatable bonds is 8. The standard InChI is InChI=1S/C14H22N2O2/c1-3-18-10-4-5-14(17)16-13-8-6-12(7-9-13)11-15-2/h6-9,15H,3-5,10-11H2,1-2H3,(H,16,17). The average molecular weight is 250 g/mol. The van der Waals surface area contributed by atoms with Gasteiger partial charge in [0.15, 0.2) is 0 Å². The molecule has 2 N–H and O–H groups in total. The van der Waals surface area contributed by atoms with Gasteiger partial charge in [0.2, 0.25) is 5.91 Å². The Morgan fingerprint density at radius 2 is 2.00 bits per heavy atom. The molecule has 0 aromatic heterocycles. The largest absolute Gasteiger partial charge is 0.382 e. The Kier molecular flexibility index (Phi) is 7.06. The fraction of sp³-hybridized carbons (Fsp3) is 0.500. The van der Waals surface area contributed by atoms with Gasteiger partial charge in [-0.05, 0) is 38.1 Å². The van der Waals surface area contributed by atoms with E-state index in [1.807, 2.05) is 38.2 Å². The van der Waals surface area contributed by atoms with Crippen molar-refractivity contribution in [2.45, 2.75) is 26.3 Å². The molecule has 0 unspecified atom stereocenters. The maximum absolute atomic E-state index is 11.6. The highest BCUT2D eigenvalue weighted by molar-refractivity contribution is 5.90. The minimum Gasteiger partial charge on any atom is -0.382 e. The van der Waals surface area contributed by atoms with Crippen LogP contribution in [-0.2, 0) is 16.1 Å². The van der Waals surface area contributed by atoms with Crippen LogP contribution in [0.25, 0.3) is 0 Å². The van der Waals surface area contributed by atoms with Gasteiger partial charge in [0.05, 0.1) is 0 Å². The number of benzene rings is 1. The third-order valence-electron chi connectivity index (χ3n) is 2.52. The van der Waals surface area contributed by atoms with Gasteiger partial charge >= 0.3 is 0 Å². The van der Waals surface area contributed by atoms with Crippen molar-refractivity contribution >= 4 is 11.6 Å². The first-order chi connectivity index (χ1) is 8.76. The normalized spacial score (nSPS) is 10.3. The highest BCUT2D eigenvalue weighted by Gasteiger charge is 2.02. The van der Waals surface area contributed by atoms with Crippen molar-refractivity contribution in [1.82, 2.24) is 5.32 Å². The van der Waals surface area contributed by atoms with Crippen molar-refractivity contribution < 1.29 is 9.53 Å². The van der Waals surface area contributed by atoms with Crippen molar-refractivity contribution in [3.8, 4) is 0 Å². The fourth-order valence-corrected chi connectivity index (χ4v) is 1.61. The van der Waals surface area contributed by atoms with Crippen molar-refractivity contribution in [1.29, 1.82) is 0 Å². The van der Waals surface area contributed by atoms with Gasteiger partial charge in [-0.1, -0.05) is 12.1 Å². The van der Waals surface area contributed by atoms with Crippen LogP contribution in [0.5, 0.6) is 0 Å². The Hall–Kier alpha value is -1.39. The third kappa shape index (κ3) is 5.80. The van der Waals surface area contributed by atoms with Gasteiger partial charge < -0.3 is 15.4 Å². The summed E-state index contributed by atoms with van der Waals surface area (Å²) in [6.07, 6.45) is 1.26. The maximum Gasteiger partial charge on any atom is 0.224 e. The summed E-state index contributed by atoms with van der Waals surface area (Å²) in [6.45, 7) is 4.13. The summed E-state index contributed by atoms with van der Waals surface area (Å²) in [7, 11) is 1.91. The second kappa shape index (κ2) is 8.66. The molecule has 0 saturated heterocycles. The quantitative estimate of drug-likeness (QED) is 0.695. The van der Waals surface area contributed by atoms with Gasteiger partial charge in [-0.25, -0.2) is 0 Å². The molecule has 1 amide bonds. The smallest absolute Gasteiger partial charge is 0.224 e. The molecular weight excluding hydrogens is 228 g/mol. The topological polar surface area (TPSA) is 50.4 Å². The number of hydrogen-bond acceptors (Lipinski definition) is 3. The second-order valence-corrected chi connectivity index (χ2v) is 4.08. The molecule has 0 fully saturated rings. The number of carbonyl (C=O) groups excluding carboxylic acids is 1. The number of anilines is 1. The lowest BCUT2D eigenvalue weighted by Crippen LogP contribution is -2.12. The molecule has 0 heterocycles. The Morgan fingerprint density at radius 3 is 2.61 bits per heavy atom. The van der Waals surface area contributed by atoms with Crippen LogP contribution in [0.2, 0.25) is 0 Å². The van der Waals surface area contributed by atoms with Gasteiger partial charge in [-0.3, -0.25) is 4.79 Å². The molecule has 0 bridgehead atoms. The monoisotopic (exact) mass is 250 g/mol. The lowest BCUT2D eigenvalue weighted by Gasteiger charge is -2.06. The first kappa shape index (κ1) is 14.7. The van der Waals surface area contributed by atoms with Crippen LogP contribution in [0.3, 0.4) is 0 Å². The predicted octanol–water partition coefficient (Wildman–Crippen LogP) is 2.16. The molecule has 1 rings (SSSR count). The van der Waals surface area contributed by atoms with Gasteiger partial charge in [0.25, 0.3) is 0 Å². The first-order valence-electron chi connectivity index (χ1n) is 6.37. The van der Waals surface area contributed by atoms with Crippen LogP contribution in [0.15, 0.2) is 24.3 Å². The lowest BCUT2D eigenvalue weighted by molar-refractivity contribution is -0.116. The SMILES string of the molecule is CCOCCCC(=O)Nc1ccc(CNC)cc1. The summed E-state index contributed by atoms with van der Waals surface area (Å²) in [5.41, 5.74) is 2.04. The molecule has 0 atom stereocenters. The number of ether oxygens (including phenoxy) is 1. The van der Waals surface area contributed by atoms with E-state index in [4.69, 9.17) is 4.74 Å². The number of carbonyl (C=O) groups is 1. The third-order valence-corrected chi connectivity index (χ3v) is 2.52. The van der Waals surface area contributed by atoms with Crippen LogP contribution in [0.1, 0.15) is 25.3 Å². The van der Waals surface area contributed by atoms with E-state index in [9.17, 15) is 4.79 Å². The van der Waals surface area contributed by atoms with E-state index < -0.39 is 0 Å². The molecule has 0 spiro atoms. The first-order valence-corrected chi connectivity index (χ1v) is 6.37. The average Bonchev–Trinajstić information content (AvgIpc) is 2.37. The van der Waals surface area contributed by atoms with Crippen molar-refractivity contribution in [3.05, 3.63) is 29.8 Å². The van der Waals surface area contributed by atoms with E-state index in [2.05, 4.69) is 10.6 Å². The second-order valence-electron chi connectivity index (χ2n) is 4.08. The van der Waals surface area contributed by atoms with E-state index >= 15 is 0 Å². The summed E-state index contributed by atoms with van der Waals surface area (Å²) in [5, 5.41) is 5.96. The summed E-state index contributed by atoms with van der Waals surface area (Å²) >= 11 is 0. The van der Waals surface area contributed by atoms with Crippen molar-refractivity contribution in [2.75, 3.05) is 25.6 Å². The fourth-order valence-electron chi connectivity index (χ4n) is 1.61. The molecule has 4 heteroatoms. The minimum atomic E-state index is 0.0380. The summed E-state index contributed by atoms with van der Waals surface area (Å²) in [5.74, 6) is 0.0380. The Bertz CT molecular complexity index is 349. The molecule has 1 aromatic rings. The van der Waals surface area contributed by atoms with E-state index in [-0.39, 0.29) is 5.91 Å². The van der Waals surface area contributed by atoms with Crippen molar-refractivity contribution in [2.24, 2.45) is 0 Å². The highest BCUT2D eigenvalue weighted by Crippen LogP contribution is 2.10. The number of amides is 1. The highest BCUT2D eigenvalue weighted by atomic mass is 16.5.